The Kier molecular flexibility index (Phi) is 2.82. The van der Waals surface area contributed by atoms with E-state index >= 15 is 0 Å². The molecule has 0 unspecified atom stereocenters. The molecule has 18 heavy (non-hydrogen) atoms. The van der Waals surface area contributed by atoms with Gasteiger partial charge in [-0.3, -0.25) is 0 Å². The van der Waals surface area contributed by atoms with Gasteiger partial charge in [-0.15, -0.1) is 0 Å². The first-order valence-corrected chi connectivity index (χ1v) is 5.93. The van der Waals surface area contributed by atoms with Crippen LogP contribution in [0.2, 0.25) is 0 Å². The first kappa shape index (κ1) is 11.0. The second-order valence-corrected chi connectivity index (χ2v) is 4.12. The molecular formula is C15H13NO2. The molecule has 1 heterocycles. The van der Waals surface area contributed by atoms with Crippen molar-refractivity contribution in [3.05, 3.63) is 54.1 Å². The molecule has 0 amide bonds. The van der Waals surface area contributed by atoms with Crippen molar-refractivity contribution in [2.45, 2.75) is 6.42 Å². The van der Waals surface area contributed by atoms with E-state index in [-0.39, 0.29) is 6.61 Å². The van der Waals surface area contributed by atoms with Crippen LogP contribution in [0, 0.1) is 0 Å². The zero-order valence-electron chi connectivity index (χ0n) is 9.84. The zero-order chi connectivity index (χ0) is 12.4. The zero-order valence-corrected chi connectivity index (χ0v) is 9.84. The number of para-hydroxylation sites is 2. The smallest absolute Gasteiger partial charge is 0.227 e. The normalized spacial score (nSPS) is 10.9. The minimum Gasteiger partial charge on any atom is -0.436 e. The first-order valence-electron chi connectivity index (χ1n) is 5.93. The van der Waals surface area contributed by atoms with Gasteiger partial charge in [-0.1, -0.05) is 30.3 Å². The fourth-order valence-corrected chi connectivity index (χ4v) is 2.05. The quantitative estimate of drug-likeness (QED) is 0.764. The van der Waals surface area contributed by atoms with Gasteiger partial charge in [-0.2, -0.15) is 0 Å². The highest BCUT2D eigenvalue weighted by atomic mass is 16.3. The van der Waals surface area contributed by atoms with Crippen LogP contribution in [0.3, 0.4) is 0 Å². The Balaban J connectivity index is 2.13. The number of aromatic nitrogens is 1. The number of hydrogen-bond acceptors (Lipinski definition) is 3. The molecule has 0 aliphatic carbocycles. The van der Waals surface area contributed by atoms with Crippen LogP contribution in [-0.2, 0) is 6.42 Å². The van der Waals surface area contributed by atoms with Gasteiger partial charge in [0.25, 0.3) is 0 Å². The average Bonchev–Trinajstić information content (AvgIpc) is 2.83. The molecule has 0 saturated heterocycles. The molecule has 3 aromatic rings. The van der Waals surface area contributed by atoms with Gasteiger partial charge >= 0.3 is 0 Å². The van der Waals surface area contributed by atoms with Crippen molar-refractivity contribution in [2.24, 2.45) is 0 Å². The summed E-state index contributed by atoms with van der Waals surface area (Å²) in [5, 5.41) is 9.08. The molecule has 2 aromatic carbocycles. The van der Waals surface area contributed by atoms with E-state index in [0.717, 1.165) is 22.2 Å². The lowest BCUT2D eigenvalue weighted by atomic mass is 10.1. The third kappa shape index (κ3) is 1.89. The summed E-state index contributed by atoms with van der Waals surface area (Å²) in [4.78, 5) is 4.48. The lowest BCUT2D eigenvalue weighted by Gasteiger charge is -2.03. The first-order chi connectivity index (χ1) is 8.88. The van der Waals surface area contributed by atoms with Crippen molar-refractivity contribution in [1.82, 2.24) is 4.98 Å². The summed E-state index contributed by atoms with van der Waals surface area (Å²) in [6.45, 7) is 0.122. The van der Waals surface area contributed by atoms with Crippen LogP contribution in [0.15, 0.2) is 52.9 Å². The van der Waals surface area contributed by atoms with Crippen LogP contribution in [0.5, 0.6) is 0 Å². The molecule has 0 radical (unpaired) electrons. The van der Waals surface area contributed by atoms with Crippen LogP contribution in [0.1, 0.15) is 5.56 Å². The summed E-state index contributed by atoms with van der Waals surface area (Å²) in [6, 6.07) is 15.6. The number of rotatable bonds is 3. The van der Waals surface area contributed by atoms with Crippen molar-refractivity contribution in [2.75, 3.05) is 6.61 Å². The predicted octanol–water partition coefficient (Wildman–Crippen LogP) is 3.03. The summed E-state index contributed by atoms with van der Waals surface area (Å²) in [5.74, 6) is 0.611. The molecule has 0 aliphatic rings. The molecule has 1 N–H and O–H groups in total. The van der Waals surface area contributed by atoms with E-state index in [4.69, 9.17) is 9.52 Å². The molecule has 1 aromatic heterocycles. The van der Waals surface area contributed by atoms with Gasteiger partial charge < -0.3 is 9.52 Å². The van der Waals surface area contributed by atoms with Gasteiger partial charge in [-0.25, -0.2) is 4.98 Å². The Morgan fingerprint density at radius 1 is 1.00 bits per heavy atom. The Morgan fingerprint density at radius 2 is 1.78 bits per heavy atom. The molecule has 3 heteroatoms. The van der Waals surface area contributed by atoms with Gasteiger partial charge in [0.15, 0.2) is 5.58 Å². The van der Waals surface area contributed by atoms with E-state index < -0.39 is 0 Å². The molecular weight excluding hydrogens is 226 g/mol. The predicted molar refractivity (Wildman–Crippen MR) is 70.2 cm³/mol. The molecule has 3 rings (SSSR count). The molecule has 0 fully saturated rings. The number of oxazole rings is 1. The molecule has 0 spiro atoms. The van der Waals surface area contributed by atoms with Gasteiger partial charge in [0.05, 0.1) is 0 Å². The summed E-state index contributed by atoms with van der Waals surface area (Å²) in [6.07, 6.45) is 0.606. The summed E-state index contributed by atoms with van der Waals surface area (Å²) in [7, 11) is 0. The Hall–Kier alpha value is -2.13. The number of hydrogen-bond donors (Lipinski definition) is 1. The highest BCUT2D eigenvalue weighted by Crippen LogP contribution is 2.26. The van der Waals surface area contributed by atoms with Crippen molar-refractivity contribution in [1.29, 1.82) is 0 Å². The second-order valence-electron chi connectivity index (χ2n) is 4.12. The van der Waals surface area contributed by atoms with Gasteiger partial charge in [0.1, 0.15) is 5.52 Å². The maximum atomic E-state index is 9.08. The monoisotopic (exact) mass is 239 g/mol. The van der Waals surface area contributed by atoms with Crippen LogP contribution in [0.25, 0.3) is 22.6 Å². The molecule has 0 atom stereocenters. The van der Waals surface area contributed by atoms with Gasteiger partial charge in [0, 0.05) is 12.2 Å². The SMILES string of the molecule is OCCc1ccccc1-c1nc2ccccc2o1. The van der Waals surface area contributed by atoms with E-state index in [1.165, 1.54) is 0 Å². The third-order valence-electron chi connectivity index (χ3n) is 2.92. The minimum absolute atomic E-state index is 0.122. The minimum atomic E-state index is 0.122. The highest BCUT2D eigenvalue weighted by Gasteiger charge is 2.11. The fraction of sp³-hybridized carbons (Fsp3) is 0.133. The number of benzene rings is 2. The van der Waals surface area contributed by atoms with Crippen molar-refractivity contribution >= 4 is 11.1 Å². The van der Waals surface area contributed by atoms with Crippen LogP contribution in [0.4, 0.5) is 0 Å². The number of nitrogens with zero attached hydrogens (tertiary/aromatic N) is 1. The summed E-state index contributed by atoms with van der Waals surface area (Å²) >= 11 is 0. The molecule has 90 valence electrons. The Bertz CT molecular complexity index is 640. The number of fused-ring (bicyclic) bond motifs is 1. The average molecular weight is 239 g/mol. The number of aliphatic hydroxyl groups excluding tert-OH is 1. The topological polar surface area (TPSA) is 46.3 Å². The molecule has 0 bridgehead atoms. The van der Waals surface area contributed by atoms with E-state index in [9.17, 15) is 0 Å². The lowest BCUT2D eigenvalue weighted by molar-refractivity contribution is 0.299. The van der Waals surface area contributed by atoms with Crippen molar-refractivity contribution < 1.29 is 9.52 Å². The summed E-state index contributed by atoms with van der Waals surface area (Å²) in [5.41, 5.74) is 3.63. The Labute approximate surface area is 105 Å². The van der Waals surface area contributed by atoms with E-state index in [1.807, 2.05) is 48.5 Å². The maximum absolute atomic E-state index is 9.08. The third-order valence-corrected chi connectivity index (χ3v) is 2.92. The van der Waals surface area contributed by atoms with Crippen LogP contribution in [-0.4, -0.2) is 16.7 Å². The molecule has 0 saturated carbocycles. The van der Waals surface area contributed by atoms with Gasteiger partial charge in [-0.05, 0) is 30.2 Å². The van der Waals surface area contributed by atoms with Crippen molar-refractivity contribution in [3.8, 4) is 11.5 Å². The second kappa shape index (κ2) is 4.63. The lowest BCUT2D eigenvalue weighted by Crippen LogP contribution is -1.93. The van der Waals surface area contributed by atoms with Crippen LogP contribution >= 0.6 is 0 Å². The van der Waals surface area contributed by atoms with Crippen molar-refractivity contribution in [3.63, 3.8) is 0 Å². The van der Waals surface area contributed by atoms with E-state index in [0.29, 0.717) is 12.3 Å². The standard InChI is InChI=1S/C15H13NO2/c17-10-9-11-5-1-2-6-12(11)15-16-13-7-3-4-8-14(13)18-15/h1-8,17H,9-10H2. The Morgan fingerprint density at radius 3 is 2.61 bits per heavy atom. The summed E-state index contributed by atoms with van der Waals surface area (Å²) < 4.78 is 5.75. The number of aliphatic hydroxyl groups is 1. The van der Waals surface area contributed by atoms with Crippen LogP contribution < -0.4 is 0 Å². The van der Waals surface area contributed by atoms with E-state index in [1.54, 1.807) is 0 Å². The molecule has 0 aliphatic heterocycles. The molecule has 3 nitrogen and oxygen atoms in total. The highest BCUT2D eigenvalue weighted by molar-refractivity contribution is 5.76. The fourth-order valence-electron chi connectivity index (χ4n) is 2.05. The largest absolute Gasteiger partial charge is 0.436 e. The van der Waals surface area contributed by atoms with E-state index in [2.05, 4.69) is 4.98 Å². The maximum Gasteiger partial charge on any atom is 0.227 e. The van der Waals surface area contributed by atoms with Gasteiger partial charge in [0.2, 0.25) is 5.89 Å².